The molecular formula is C19H12N6. The van der Waals surface area contributed by atoms with E-state index in [1.165, 1.54) is 0 Å². The second-order valence-corrected chi connectivity index (χ2v) is 5.33. The van der Waals surface area contributed by atoms with E-state index in [0.29, 0.717) is 5.69 Å². The zero-order valence-electron chi connectivity index (χ0n) is 13.4. The average molecular weight is 324 g/mol. The highest BCUT2D eigenvalue weighted by atomic mass is 15.0. The second-order valence-electron chi connectivity index (χ2n) is 5.33. The van der Waals surface area contributed by atoms with Gasteiger partial charge in [-0.3, -0.25) is 0 Å². The number of nitrogens with zero attached hydrogens (tertiary/aromatic N) is 5. The van der Waals surface area contributed by atoms with Crippen LogP contribution in [0.3, 0.4) is 0 Å². The number of aromatic nitrogens is 2. The van der Waals surface area contributed by atoms with Gasteiger partial charge in [-0.15, -0.1) is 0 Å². The van der Waals surface area contributed by atoms with E-state index in [2.05, 4.69) is 10.3 Å². The van der Waals surface area contributed by atoms with Gasteiger partial charge in [0.25, 0.3) is 0 Å². The van der Waals surface area contributed by atoms with Crippen LogP contribution in [0.15, 0.2) is 60.1 Å². The molecule has 0 aliphatic rings. The summed E-state index contributed by atoms with van der Waals surface area (Å²) in [6.45, 7) is 1.88. The van der Waals surface area contributed by atoms with Gasteiger partial charge in [-0.2, -0.15) is 15.8 Å². The number of nitrogens with one attached hydrogen (secondary N) is 1. The molecule has 25 heavy (non-hydrogen) atoms. The number of pyridine rings is 1. The van der Waals surface area contributed by atoms with Crippen molar-refractivity contribution in [3.8, 4) is 29.5 Å². The SMILES string of the molecule is Cc1ccc(-c2cn3ccccc3n2)cc1NC(C#N)=C(C#N)C#N. The number of benzene rings is 1. The Morgan fingerprint density at radius 3 is 2.56 bits per heavy atom. The van der Waals surface area contributed by atoms with Gasteiger partial charge in [0.15, 0.2) is 5.57 Å². The molecule has 0 spiro atoms. The quantitative estimate of drug-likeness (QED) is 0.742. The lowest BCUT2D eigenvalue weighted by molar-refractivity contribution is 1.19. The molecule has 0 amide bonds. The van der Waals surface area contributed by atoms with Crippen molar-refractivity contribution in [1.82, 2.24) is 9.38 Å². The number of fused-ring (bicyclic) bond motifs is 1. The summed E-state index contributed by atoms with van der Waals surface area (Å²) in [4.78, 5) is 4.57. The molecule has 0 saturated heterocycles. The Balaban J connectivity index is 2.04. The molecule has 1 N–H and O–H groups in total. The van der Waals surface area contributed by atoms with Crippen molar-refractivity contribution in [1.29, 1.82) is 15.8 Å². The number of allylic oxidation sites excluding steroid dienone is 2. The summed E-state index contributed by atoms with van der Waals surface area (Å²) in [5.74, 6) is 0. The number of anilines is 1. The summed E-state index contributed by atoms with van der Waals surface area (Å²) in [6, 6.07) is 16.8. The zero-order valence-corrected chi connectivity index (χ0v) is 13.4. The second kappa shape index (κ2) is 6.58. The maximum atomic E-state index is 9.20. The lowest BCUT2D eigenvalue weighted by Crippen LogP contribution is -2.02. The van der Waals surface area contributed by atoms with E-state index in [-0.39, 0.29) is 11.3 Å². The fourth-order valence-electron chi connectivity index (χ4n) is 2.41. The first kappa shape index (κ1) is 15.8. The number of aryl methyl sites for hydroxylation is 1. The molecule has 6 heteroatoms. The van der Waals surface area contributed by atoms with E-state index >= 15 is 0 Å². The van der Waals surface area contributed by atoms with Crippen LogP contribution in [0.5, 0.6) is 0 Å². The Kier molecular flexibility index (Phi) is 4.16. The van der Waals surface area contributed by atoms with Crippen molar-refractivity contribution in [3.63, 3.8) is 0 Å². The van der Waals surface area contributed by atoms with Crippen molar-refractivity contribution in [2.75, 3.05) is 5.32 Å². The van der Waals surface area contributed by atoms with Crippen LogP contribution in [-0.4, -0.2) is 9.38 Å². The van der Waals surface area contributed by atoms with E-state index in [1.807, 2.05) is 66.2 Å². The highest BCUT2D eigenvalue weighted by Crippen LogP contribution is 2.26. The molecule has 0 radical (unpaired) electrons. The van der Waals surface area contributed by atoms with E-state index in [9.17, 15) is 5.26 Å². The smallest absolute Gasteiger partial charge is 0.163 e. The monoisotopic (exact) mass is 324 g/mol. The molecule has 0 saturated carbocycles. The molecule has 0 fully saturated rings. The Bertz CT molecular complexity index is 1070. The molecule has 0 aliphatic carbocycles. The van der Waals surface area contributed by atoms with Crippen LogP contribution in [0, 0.1) is 40.9 Å². The molecule has 2 heterocycles. The molecule has 3 rings (SSSR count). The van der Waals surface area contributed by atoms with Gasteiger partial charge in [0.1, 0.15) is 29.6 Å². The molecule has 2 aromatic heterocycles. The van der Waals surface area contributed by atoms with Crippen LogP contribution in [0.25, 0.3) is 16.9 Å². The van der Waals surface area contributed by atoms with E-state index < -0.39 is 0 Å². The summed E-state index contributed by atoms with van der Waals surface area (Å²) < 4.78 is 1.92. The van der Waals surface area contributed by atoms with Crippen molar-refractivity contribution < 1.29 is 0 Å². The molecule has 0 bridgehead atoms. The van der Waals surface area contributed by atoms with E-state index in [0.717, 1.165) is 22.5 Å². The minimum atomic E-state index is -0.250. The fraction of sp³-hybridized carbons (Fsp3) is 0.0526. The fourth-order valence-corrected chi connectivity index (χ4v) is 2.41. The van der Waals surface area contributed by atoms with Crippen molar-refractivity contribution in [2.24, 2.45) is 0 Å². The topological polar surface area (TPSA) is 101 Å². The highest BCUT2D eigenvalue weighted by Gasteiger charge is 2.10. The third-order valence-electron chi connectivity index (χ3n) is 3.74. The van der Waals surface area contributed by atoms with Gasteiger partial charge in [0, 0.05) is 23.6 Å². The zero-order chi connectivity index (χ0) is 17.8. The molecule has 3 aromatic rings. The molecular weight excluding hydrogens is 312 g/mol. The Labute approximate surface area is 144 Å². The minimum absolute atomic E-state index is 0.0692. The first-order valence-corrected chi connectivity index (χ1v) is 7.42. The van der Waals surface area contributed by atoms with Crippen LogP contribution in [-0.2, 0) is 0 Å². The number of hydrogen-bond donors (Lipinski definition) is 1. The van der Waals surface area contributed by atoms with E-state index in [4.69, 9.17) is 10.5 Å². The number of nitriles is 3. The maximum Gasteiger partial charge on any atom is 0.163 e. The lowest BCUT2D eigenvalue weighted by Gasteiger charge is -2.10. The van der Waals surface area contributed by atoms with Crippen LogP contribution in [0.1, 0.15) is 5.56 Å². The van der Waals surface area contributed by atoms with Crippen LogP contribution in [0.4, 0.5) is 5.69 Å². The number of rotatable bonds is 3. The van der Waals surface area contributed by atoms with E-state index in [1.54, 1.807) is 12.1 Å². The summed E-state index contributed by atoms with van der Waals surface area (Å²) in [6.07, 6.45) is 3.84. The van der Waals surface area contributed by atoms with Crippen LogP contribution < -0.4 is 5.32 Å². The van der Waals surface area contributed by atoms with Crippen molar-refractivity contribution in [2.45, 2.75) is 6.92 Å². The van der Waals surface area contributed by atoms with Gasteiger partial charge in [0.05, 0.1) is 5.69 Å². The lowest BCUT2D eigenvalue weighted by atomic mass is 10.1. The van der Waals surface area contributed by atoms with Gasteiger partial charge < -0.3 is 9.72 Å². The predicted octanol–water partition coefficient (Wildman–Crippen LogP) is 3.55. The molecule has 1 aromatic carbocycles. The summed E-state index contributed by atoms with van der Waals surface area (Å²) in [5, 5.41) is 30.0. The summed E-state index contributed by atoms with van der Waals surface area (Å²) >= 11 is 0. The summed E-state index contributed by atoms with van der Waals surface area (Å²) in [7, 11) is 0. The average Bonchev–Trinajstić information content (AvgIpc) is 3.07. The highest BCUT2D eigenvalue weighted by molar-refractivity contribution is 5.71. The largest absolute Gasteiger partial charge is 0.345 e. The molecule has 0 atom stereocenters. The van der Waals surface area contributed by atoms with Gasteiger partial charge in [0.2, 0.25) is 0 Å². The normalized spacial score (nSPS) is 9.68. The predicted molar refractivity (Wildman–Crippen MR) is 92.9 cm³/mol. The van der Waals surface area contributed by atoms with Crippen molar-refractivity contribution in [3.05, 3.63) is 65.6 Å². The minimum Gasteiger partial charge on any atom is -0.345 e. The van der Waals surface area contributed by atoms with Gasteiger partial charge in [-0.05, 0) is 30.7 Å². The first-order valence-electron chi connectivity index (χ1n) is 7.42. The Hall–Kier alpha value is -4.08. The Morgan fingerprint density at radius 1 is 1.08 bits per heavy atom. The van der Waals surface area contributed by atoms with Crippen LogP contribution in [0.2, 0.25) is 0 Å². The molecule has 118 valence electrons. The number of imidazole rings is 1. The standard InChI is InChI=1S/C19H12N6/c1-13-5-6-14(18-12-25-7-3-2-4-19(25)24-18)8-16(13)23-17(11-22)15(9-20)10-21/h2-8,12,23H,1H3. The molecule has 0 aliphatic heterocycles. The third kappa shape index (κ3) is 3.03. The maximum absolute atomic E-state index is 9.20. The summed E-state index contributed by atoms with van der Waals surface area (Å²) in [5.41, 5.74) is 3.70. The Morgan fingerprint density at radius 2 is 1.88 bits per heavy atom. The van der Waals surface area contributed by atoms with Crippen molar-refractivity contribution >= 4 is 11.3 Å². The number of hydrogen-bond acceptors (Lipinski definition) is 5. The van der Waals surface area contributed by atoms with Gasteiger partial charge >= 0.3 is 0 Å². The van der Waals surface area contributed by atoms with Gasteiger partial charge in [-0.1, -0.05) is 18.2 Å². The van der Waals surface area contributed by atoms with Gasteiger partial charge in [-0.25, -0.2) is 4.98 Å². The molecule has 6 nitrogen and oxygen atoms in total. The first-order chi connectivity index (χ1) is 12.2. The molecule has 0 unspecified atom stereocenters. The van der Waals surface area contributed by atoms with Crippen LogP contribution >= 0.6 is 0 Å². The third-order valence-corrected chi connectivity index (χ3v) is 3.74.